The highest BCUT2D eigenvalue weighted by molar-refractivity contribution is 6.04. The van der Waals surface area contributed by atoms with Crippen LogP contribution in [-0.2, 0) is 6.18 Å². The van der Waals surface area contributed by atoms with Crippen molar-refractivity contribution in [1.29, 1.82) is 0 Å². The number of alkyl halides is 3. The second-order valence-electron chi connectivity index (χ2n) is 5.31. The highest BCUT2D eigenvalue weighted by Crippen LogP contribution is 2.29. The van der Waals surface area contributed by atoms with Gasteiger partial charge in [0.2, 0.25) is 0 Å². The monoisotopic (exact) mass is 307 g/mol. The van der Waals surface area contributed by atoms with Crippen molar-refractivity contribution in [3.05, 3.63) is 65.2 Å². The van der Waals surface area contributed by atoms with Crippen molar-refractivity contribution < 1.29 is 18.0 Å². The van der Waals surface area contributed by atoms with Gasteiger partial charge >= 0.3 is 6.18 Å². The molecule has 2 nitrogen and oxygen atoms in total. The van der Waals surface area contributed by atoms with Crippen LogP contribution in [0.15, 0.2) is 48.5 Å². The fourth-order valence-corrected chi connectivity index (χ4v) is 1.97. The molecule has 2 aromatic rings. The molecule has 0 aliphatic carbocycles. The van der Waals surface area contributed by atoms with E-state index in [1.165, 1.54) is 12.1 Å². The number of hydrogen-bond acceptors (Lipinski definition) is 1. The minimum Gasteiger partial charge on any atom is -0.322 e. The SMILES string of the molecule is CC(C)c1ccc(NC(=O)c2ccc(C(F)(F)F)cc2)cc1. The van der Waals surface area contributed by atoms with Crippen molar-refractivity contribution in [3.8, 4) is 0 Å². The van der Waals surface area contributed by atoms with E-state index in [1.807, 2.05) is 12.1 Å². The lowest BCUT2D eigenvalue weighted by atomic mass is 10.0. The predicted molar refractivity (Wildman–Crippen MR) is 79.9 cm³/mol. The zero-order valence-electron chi connectivity index (χ0n) is 12.2. The number of nitrogens with one attached hydrogen (secondary N) is 1. The Kier molecular flexibility index (Phi) is 4.54. The lowest BCUT2D eigenvalue weighted by Crippen LogP contribution is -2.12. The molecule has 0 heterocycles. The van der Waals surface area contributed by atoms with Crippen molar-refractivity contribution in [3.63, 3.8) is 0 Å². The molecule has 0 spiro atoms. The maximum absolute atomic E-state index is 12.5. The number of carbonyl (C=O) groups excluding carboxylic acids is 1. The van der Waals surface area contributed by atoms with Gasteiger partial charge in [-0.2, -0.15) is 13.2 Å². The van der Waals surface area contributed by atoms with E-state index in [1.54, 1.807) is 12.1 Å². The summed E-state index contributed by atoms with van der Waals surface area (Å²) >= 11 is 0. The summed E-state index contributed by atoms with van der Waals surface area (Å²) < 4.78 is 37.4. The number of amides is 1. The molecular formula is C17H16F3NO. The zero-order valence-corrected chi connectivity index (χ0v) is 12.2. The highest BCUT2D eigenvalue weighted by Gasteiger charge is 2.30. The summed E-state index contributed by atoms with van der Waals surface area (Å²) in [5.41, 5.74) is 1.16. The number of hydrogen-bond donors (Lipinski definition) is 1. The Bertz CT molecular complexity index is 643. The first-order valence-corrected chi connectivity index (χ1v) is 6.86. The molecule has 0 saturated carbocycles. The Morgan fingerprint density at radius 2 is 1.50 bits per heavy atom. The van der Waals surface area contributed by atoms with E-state index in [9.17, 15) is 18.0 Å². The summed E-state index contributed by atoms with van der Waals surface area (Å²) in [6.45, 7) is 4.13. The van der Waals surface area contributed by atoms with E-state index in [2.05, 4.69) is 19.2 Å². The Morgan fingerprint density at radius 3 is 1.95 bits per heavy atom. The van der Waals surface area contributed by atoms with Crippen molar-refractivity contribution in [1.82, 2.24) is 0 Å². The van der Waals surface area contributed by atoms with Crippen LogP contribution >= 0.6 is 0 Å². The first-order chi connectivity index (χ1) is 10.3. The van der Waals surface area contributed by atoms with Crippen LogP contribution in [0.4, 0.5) is 18.9 Å². The van der Waals surface area contributed by atoms with Crippen LogP contribution in [0, 0.1) is 0 Å². The normalized spacial score (nSPS) is 11.5. The smallest absolute Gasteiger partial charge is 0.322 e. The fourth-order valence-electron chi connectivity index (χ4n) is 1.97. The molecule has 0 radical (unpaired) electrons. The average Bonchev–Trinajstić information content (AvgIpc) is 2.47. The van der Waals surface area contributed by atoms with Gasteiger partial charge in [0, 0.05) is 11.3 Å². The van der Waals surface area contributed by atoms with Gasteiger partial charge in [0.25, 0.3) is 5.91 Å². The molecule has 2 aromatic carbocycles. The van der Waals surface area contributed by atoms with E-state index < -0.39 is 17.6 Å². The van der Waals surface area contributed by atoms with Crippen molar-refractivity contribution in [2.45, 2.75) is 25.9 Å². The number of halogens is 3. The van der Waals surface area contributed by atoms with Gasteiger partial charge in [-0.05, 0) is 47.9 Å². The largest absolute Gasteiger partial charge is 0.416 e. The molecule has 5 heteroatoms. The van der Waals surface area contributed by atoms with E-state index in [4.69, 9.17) is 0 Å². The van der Waals surface area contributed by atoms with E-state index >= 15 is 0 Å². The molecule has 1 amide bonds. The molecule has 1 N–H and O–H groups in total. The minimum atomic E-state index is -4.40. The number of rotatable bonds is 3. The summed E-state index contributed by atoms with van der Waals surface area (Å²) in [6.07, 6.45) is -4.40. The lowest BCUT2D eigenvalue weighted by Gasteiger charge is -2.10. The molecule has 22 heavy (non-hydrogen) atoms. The first-order valence-electron chi connectivity index (χ1n) is 6.86. The highest BCUT2D eigenvalue weighted by atomic mass is 19.4. The topological polar surface area (TPSA) is 29.1 Å². The van der Waals surface area contributed by atoms with Gasteiger partial charge in [0.05, 0.1) is 5.56 Å². The molecule has 0 fully saturated rings. The lowest BCUT2D eigenvalue weighted by molar-refractivity contribution is -0.137. The zero-order chi connectivity index (χ0) is 16.3. The Labute approximate surface area is 127 Å². The van der Waals surface area contributed by atoms with Crippen molar-refractivity contribution in [2.75, 3.05) is 5.32 Å². The van der Waals surface area contributed by atoms with Gasteiger partial charge in [-0.1, -0.05) is 26.0 Å². The predicted octanol–water partition coefficient (Wildman–Crippen LogP) is 5.08. The van der Waals surface area contributed by atoms with Crippen LogP contribution in [0.5, 0.6) is 0 Å². The third kappa shape index (κ3) is 3.87. The van der Waals surface area contributed by atoms with Crippen LogP contribution in [0.25, 0.3) is 0 Å². The minimum absolute atomic E-state index is 0.181. The molecule has 2 rings (SSSR count). The fraction of sp³-hybridized carbons (Fsp3) is 0.235. The third-order valence-electron chi connectivity index (χ3n) is 3.31. The van der Waals surface area contributed by atoms with Gasteiger partial charge in [0.15, 0.2) is 0 Å². The second kappa shape index (κ2) is 6.22. The summed E-state index contributed by atoms with van der Waals surface area (Å²) in [7, 11) is 0. The molecule has 0 bridgehead atoms. The van der Waals surface area contributed by atoms with Crippen molar-refractivity contribution >= 4 is 11.6 Å². The molecule has 0 aliphatic rings. The Morgan fingerprint density at radius 1 is 0.955 bits per heavy atom. The Hall–Kier alpha value is -2.30. The average molecular weight is 307 g/mol. The van der Waals surface area contributed by atoms with E-state index in [0.717, 1.165) is 17.7 Å². The maximum Gasteiger partial charge on any atom is 0.416 e. The summed E-state index contributed by atoms with van der Waals surface area (Å²) in [5, 5.41) is 2.66. The third-order valence-corrected chi connectivity index (χ3v) is 3.31. The van der Waals surface area contributed by atoms with Gasteiger partial charge < -0.3 is 5.32 Å². The molecule has 0 unspecified atom stereocenters. The van der Waals surface area contributed by atoms with Gasteiger partial charge in [0.1, 0.15) is 0 Å². The quantitative estimate of drug-likeness (QED) is 0.841. The van der Waals surface area contributed by atoms with Gasteiger partial charge in [-0.3, -0.25) is 4.79 Å². The molecule has 0 saturated heterocycles. The summed E-state index contributed by atoms with van der Waals surface area (Å²) in [6, 6.07) is 11.5. The molecule has 0 aliphatic heterocycles. The van der Waals surface area contributed by atoms with Crippen LogP contribution in [0.3, 0.4) is 0 Å². The molecule has 0 atom stereocenters. The summed E-state index contributed by atoms with van der Waals surface area (Å²) in [4.78, 5) is 12.0. The molecule has 0 aromatic heterocycles. The first kappa shape index (κ1) is 16.1. The standard InChI is InChI=1S/C17H16F3NO/c1-11(2)12-5-9-15(10-6-12)21-16(22)13-3-7-14(8-4-13)17(18,19)20/h3-11H,1-2H3,(H,21,22). The van der Waals surface area contributed by atoms with E-state index in [0.29, 0.717) is 11.6 Å². The van der Waals surface area contributed by atoms with Crippen LogP contribution in [0.1, 0.15) is 41.3 Å². The number of anilines is 1. The van der Waals surface area contributed by atoms with Crippen LogP contribution in [-0.4, -0.2) is 5.91 Å². The maximum atomic E-state index is 12.5. The number of benzene rings is 2. The van der Waals surface area contributed by atoms with Crippen LogP contribution in [0.2, 0.25) is 0 Å². The number of carbonyl (C=O) groups is 1. The van der Waals surface area contributed by atoms with E-state index in [-0.39, 0.29) is 5.56 Å². The Balaban J connectivity index is 2.09. The van der Waals surface area contributed by atoms with Crippen molar-refractivity contribution in [2.24, 2.45) is 0 Å². The second-order valence-corrected chi connectivity index (χ2v) is 5.31. The van der Waals surface area contributed by atoms with Gasteiger partial charge in [-0.15, -0.1) is 0 Å². The molecular weight excluding hydrogens is 291 g/mol. The molecule has 116 valence electrons. The van der Waals surface area contributed by atoms with Gasteiger partial charge in [-0.25, -0.2) is 0 Å². The summed E-state index contributed by atoms with van der Waals surface area (Å²) in [5.74, 6) is -0.0503. The van der Waals surface area contributed by atoms with Crippen LogP contribution < -0.4 is 5.32 Å².